The number of aliphatic imine (C=N–C) groups is 6. The van der Waals surface area contributed by atoms with Crippen LogP contribution in [-0.4, -0.2) is 212 Å². The van der Waals surface area contributed by atoms with Crippen molar-refractivity contribution in [3.63, 3.8) is 0 Å². The van der Waals surface area contributed by atoms with Crippen molar-refractivity contribution in [2.75, 3.05) is 71.2 Å². The maximum Gasteiger partial charge on any atom is 0.261 e. The molecule has 0 bridgehead atoms. The van der Waals surface area contributed by atoms with Gasteiger partial charge in [-0.25, -0.2) is 9.97 Å². The minimum absolute atomic E-state index is 0.00515. The smallest absolute Gasteiger partial charge is 0.261 e. The Morgan fingerprint density at radius 3 is 1.18 bits per heavy atom. The first-order valence-electron chi connectivity index (χ1n) is 35.6. The first-order valence-corrected chi connectivity index (χ1v) is 36.4. The fourth-order valence-electron chi connectivity index (χ4n) is 10.4. The molecule has 9 amide bonds. The number of hydrogen-bond donors (Lipinski definition) is 24. The van der Waals surface area contributed by atoms with Gasteiger partial charge in [0, 0.05) is 71.4 Å². The Balaban J connectivity index is 2.24. The van der Waals surface area contributed by atoms with Gasteiger partial charge in [-0.15, -0.1) is 11.3 Å². The van der Waals surface area contributed by atoms with E-state index in [1.54, 1.807) is 24.4 Å². The molecule has 2 aromatic rings. The first-order chi connectivity index (χ1) is 51.0. The number of nitrogen functional groups attached to an aromatic ring is 1. The number of hydrogen-bond acceptors (Lipinski definition) is 22. The molecule has 0 aromatic carbocycles. The van der Waals surface area contributed by atoms with Gasteiger partial charge in [0.25, 0.3) is 5.91 Å². The number of nitrogens with two attached hydrogens (primary N) is 15. The van der Waals surface area contributed by atoms with Gasteiger partial charge in [-0.1, -0.05) is 12.8 Å². The number of guanidine groups is 6. The number of carbonyl (C=O) groups is 10. The summed E-state index contributed by atoms with van der Waals surface area (Å²) in [5, 5.41) is 25.0. The third-order valence-electron chi connectivity index (χ3n) is 15.9. The molecular weight excluding hydrogens is 1410 g/mol. The van der Waals surface area contributed by atoms with Gasteiger partial charge in [0.15, 0.2) is 35.8 Å². The Hall–Kier alpha value is -11.0. The van der Waals surface area contributed by atoms with E-state index in [9.17, 15) is 47.9 Å². The molecule has 0 radical (unpaired) electrons. The number of nitrogens with zero attached hydrogens (tertiary/aromatic N) is 8. The molecule has 0 unspecified atom stereocenters. The molecule has 2 rings (SSSR count). The molecule has 0 aliphatic carbocycles. The van der Waals surface area contributed by atoms with Crippen LogP contribution in [0.4, 0.5) is 5.95 Å². The summed E-state index contributed by atoms with van der Waals surface area (Å²) in [5.74, 6) is -7.42. The third kappa shape index (κ3) is 43.2. The second-order valence-corrected chi connectivity index (χ2v) is 26.0. The molecule has 7 atom stereocenters. The third-order valence-corrected chi connectivity index (χ3v) is 17.0. The molecule has 0 aliphatic rings. The van der Waals surface area contributed by atoms with Crippen LogP contribution >= 0.6 is 11.3 Å². The Labute approximate surface area is 626 Å². The summed E-state index contributed by atoms with van der Waals surface area (Å²) in [6.07, 6.45) is 7.34. The average molecular weight is 1530 g/mol. The van der Waals surface area contributed by atoms with Gasteiger partial charge in [-0.2, -0.15) is 0 Å². The SMILES string of the molecule is NCCCC[C@@H](NC(=O)CCCCCNC(=O)c1ccc(-c2ccnc(N)n2)s1)C(=O)NCCCCCC(=O)CN[C@H](CCCN=C(N)N)C(=O)N[C@H](CCCN=C(N)N)C(=O)N[C@H](CCCN=C(N)N)C(=O)N[C@H](CCCN=C(N)N)C(=O)N[C@H](CCCN=C(N)N)C(=O)N[C@H](CCCN=C(N)N)C(N)=O. The van der Waals surface area contributed by atoms with E-state index in [-0.39, 0.29) is 207 Å². The zero-order chi connectivity index (χ0) is 79.5. The summed E-state index contributed by atoms with van der Waals surface area (Å²) in [7, 11) is 0. The maximum absolute atomic E-state index is 14.6. The van der Waals surface area contributed by atoms with E-state index in [2.05, 4.69) is 87.8 Å². The molecule has 0 fully saturated rings. The fourth-order valence-corrected chi connectivity index (χ4v) is 11.3. The van der Waals surface area contributed by atoms with Crippen LogP contribution in [0.5, 0.6) is 0 Å². The largest absolute Gasteiger partial charge is 0.370 e. The molecule has 0 spiro atoms. The second-order valence-electron chi connectivity index (χ2n) is 24.9. The first kappa shape index (κ1) is 92.1. The van der Waals surface area contributed by atoms with E-state index in [0.717, 1.165) is 4.88 Å². The summed E-state index contributed by atoms with van der Waals surface area (Å²) < 4.78 is 0. The molecular formula is C64H116N32O10S. The quantitative estimate of drug-likeness (QED) is 0.0166. The highest BCUT2D eigenvalue weighted by Crippen LogP contribution is 2.27. The van der Waals surface area contributed by atoms with Crippen LogP contribution in [0.15, 0.2) is 54.4 Å². The molecule has 0 saturated heterocycles. The summed E-state index contributed by atoms with van der Waals surface area (Å²) in [6.45, 7) is 1.07. The van der Waals surface area contributed by atoms with Crippen molar-refractivity contribution < 1.29 is 47.9 Å². The van der Waals surface area contributed by atoms with Crippen molar-refractivity contribution in [2.45, 2.75) is 190 Å². The van der Waals surface area contributed by atoms with Crippen LogP contribution < -0.4 is 134 Å². The van der Waals surface area contributed by atoms with Crippen molar-refractivity contribution in [1.82, 2.24) is 57.8 Å². The number of aromatic nitrogens is 2. The Morgan fingerprint density at radius 2 is 0.766 bits per heavy atom. The predicted molar refractivity (Wildman–Crippen MR) is 412 cm³/mol. The number of anilines is 1. The lowest BCUT2D eigenvalue weighted by molar-refractivity contribution is -0.135. The van der Waals surface area contributed by atoms with Gasteiger partial charge >= 0.3 is 0 Å². The monoisotopic (exact) mass is 1520 g/mol. The summed E-state index contributed by atoms with van der Waals surface area (Å²) >= 11 is 1.28. The lowest BCUT2D eigenvalue weighted by Gasteiger charge is -2.27. The normalized spacial score (nSPS) is 12.8. The number of thiophene rings is 1. The van der Waals surface area contributed by atoms with Crippen molar-refractivity contribution in [1.29, 1.82) is 0 Å². The van der Waals surface area contributed by atoms with E-state index in [1.807, 2.05) is 0 Å². The number of amides is 9. The number of nitrogens with one attached hydrogen (secondary N) is 9. The molecule has 42 nitrogen and oxygen atoms in total. The lowest BCUT2D eigenvalue weighted by atomic mass is 10.0. The van der Waals surface area contributed by atoms with Crippen LogP contribution in [0.1, 0.15) is 157 Å². The standard InChI is InChI=1S/C64H116N32O10S/c65-27-6-5-16-42(90-49(98)23-4-2-8-29-81-57(106)48-25-24-47(107-48)39-26-36-88-64(79)96-39)51(100)80-28-7-1-3-15-38(97)37-89-41(18-10-31-83-59(69)70)52(101)92-44(20-12-33-85-61(73)74)54(103)94-46(22-14-35-87-63(77)78)56(105)95-45(21-13-34-86-62(75)76)55(104)93-43(19-11-32-84-60(71)72)53(102)91-40(50(66)99)17-9-30-82-58(67)68/h24-26,36,40-46,89H,1-23,27-35,37,65H2,(H2,66,99)(H,80,100)(H,81,106)(H,90,98)(H,91,102)(H,92,101)(H,93,104)(H,94,103)(H,95,105)(H4,67,68,82)(H4,69,70,83)(H4,71,72,84)(H4,73,74,85)(H4,75,76,86)(H4,77,78,87)(H2,79,88,96)/t40-,41-,42-,43-,44-,45-,46-/m1/s1. The van der Waals surface area contributed by atoms with Crippen molar-refractivity contribution in [3.05, 3.63) is 29.3 Å². The van der Waals surface area contributed by atoms with E-state index < -0.39 is 77.7 Å². The molecule has 2 heterocycles. The Bertz CT molecular complexity index is 3290. The number of unbranched alkanes of at least 4 members (excludes halogenated alkanes) is 5. The van der Waals surface area contributed by atoms with E-state index in [1.165, 1.54) is 11.3 Å². The Morgan fingerprint density at radius 1 is 0.393 bits per heavy atom. The average Bonchev–Trinajstić information content (AvgIpc) is 1.79. The summed E-state index contributed by atoms with van der Waals surface area (Å²) in [4.78, 5) is 170. The maximum atomic E-state index is 14.6. The molecule has 0 saturated carbocycles. The van der Waals surface area contributed by atoms with Gasteiger partial charge < -0.3 is 129 Å². The Kier molecular flexibility index (Phi) is 46.3. The second kappa shape index (κ2) is 53.7. The van der Waals surface area contributed by atoms with Crippen LogP contribution in [0.2, 0.25) is 0 Å². The van der Waals surface area contributed by atoms with Crippen LogP contribution in [0.3, 0.4) is 0 Å². The number of rotatable bonds is 58. The molecule has 107 heavy (non-hydrogen) atoms. The molecule has 43 heteroatoms. The van der Waals surface area contributed by atoms with Crippen molar-refractivity contribution in [3.8, 4) is 10.6 Å². The minimum atomic E-state index is -1.45. The predicted octanol–water partition coefficient (Wildman–Crippen LogP) is -6.87. The topological polar surface area (TPSA) is 769 Å². The number of primary amides is 1. The highest BCUT2D eigenvalue weighted by Gasteiger charge is 2.34. The van der Waals surface area contributed by atoms with Gasteiger partial charge in [0.2, 0.25) is 53.2 Å². The van der Waals surface area contributed by atoms with Gasteiger partial charge in [0.1, 0.15) is 42.0 Å². The zero-order valence-electron chi connectivity index (χ0n) is 60.9. The van der Waals surface area contributed by atoms with Crippen LogP contribution in [-0.2, 0) is 43.2 Å². The molecule has 0 aliphatic heterocycles. The lowest BCUT2D eigenvalue weighted by Crippen LogP contribution is -2.59. The summed E-state index contributed by atoms with van der Waals surface area (Å²) in [5.41, 5.74) is 84.3. The van der Waals surface area contributed by atoms with Crippen molar-refractivity contribution >= 4 is 112 Å². The number of carbonyl (C=O) groups excluding carboxylic acids is 10. The van der Waals surface area contributed by atoms with E-state index in [0.29, 0.717) is 81.4 Å². The van der Waals surface area contributed by atoms with Gasteiger partial charge in [-0.05, 0) is 147 Å². The van der Waals surface area contributed by atoms with Crippen LogP contribution in [0, 0.1) is 0 Å². The number of ketones is 1. The summed E-state index contributed by atoms with van der Waals surface area (Å²) in [6, 6.07) is -3.55. The fraction of sp³-hybridized carbons (Fsp3) is 0.625. The van der Waals surface area contributed by atoms with Crippen LogP contribution in [0.25, 0.3) is 10.6 Å². The highest BCUT2D eigenvalue weighted by molar-refractivity contribution is 7.17. The molecule has 598 valence electrons. The van der Waals surface area contributed by atoms with Gasteiger partial charge in [-0.3, -0.25) is 83.2 Å². The van der Waals surface area contributed by atoms with Gasteiger partial charge in [0.05, 0.1) is 28.0 Å². The van der Waals surface area contributed by atoms with E-state index in [4.69, 9.17) is 86.0 Å². The molecule has 39 N–H and O–H groups in total. The zero-order valence-corrected chi connectivity index (χ0v) is 61.7. The van der Waals surface area contributed by atoms with Crippen molar-refractivity contribution in [2.24, 2.45) is 110 Å². The molecule has 2 aromatic heterocycles. The highest BCUT2D eigenvalue weighted by atomic mass is 32.1. The minimum Gasteiger partial charge on any atom is -0.370 e. The van der Waals surface area contributed by atoms with E-state index >= 15 is 0 Å². The number of Topliss-reactive ketones (excluding diaryl/α,β-unsaturated/α-hetero) is 1.